The molecule has 2 unspecified atom stereocenters. The molecule has 0 saturated carbocycles. The molecular weight excluding hydrogens is 328 g/mol. The number of unbranched alkanes of at least 4 members (excludes halogenated alkanes) is 1. The lowest BCUT2D eigenvalue weighted by molar-refractivity contribution is 0.292. The van der Waals surface area contributed by atoms with Gasteiger partial charge in [-0.25, -0.2) is 0 Å². The maximum atomic E-state index is 3.59. The Balaban J connectivity index is 1.62. The fourth-order valence-corrected chi connectivity index (χ4v) is 4.49. The van der Waals surface area contributed by atoms with Crippen LogP contribution >= 0.6 is 0 Å². The third-order valence-electron chi connectivity index (χ3n) is 6.38. The first-order valence-corrected chi connectivity index (χ1v) is 10.7. The van der Waals surface area contributed by atoms with Crippen LogP contribution in [0.4, 0.5) is 5.69 Å². The number of nitrogens with zero attached hydrogens (tertiary/aromatic N) is 1. The van der Waals surface area contributed by atoms with E-state index < -0.39 is 0 Å². The van der Waals surface area contributed by atoms with Crippen molar-refractivity contribution >= 4 is 5.69 Å². The van der Waals surface area contributed by atoms with Crippen molar-refractivity contribution in [3.63, 3.8) is 0 Å². The van der Waals surface area contributed by atoms with Crippen LogP contribution in [-0.2, 0) is 6.54 Å². The Morgan fingerprint density at radius 3 is 2.52 bits per heavy atom. The summed E-state index contributed by atoms with van der Waals surface area (Å²) in [5, 5.41) is 3.59. The van der Waals surface area contributed by atoms with E-state index in [1.165, 1.54) is 30.5 Å². The van der Waals surface area contributed by atoms with Crippen molar-refractivity contribution in [3.8, 4) is 0 Å². The molecule has 0 aliphatic heterocycles. The zero-order valence-electron chi connectivity index (χ0n) is 17.5. The van der Waals surface area contributed by atoms with Crippen molar-refractivity contribution in [3.05, 3.63) is 65.2 Å². The standard InChI is InChI=1S/C25H36N2/c1-5-6-15-26-22-12-13-24-23(19(2)20(3)25(24)17-22)14-16-27(4)18-21-10-8-7-9-11-21/h7-13,17,19-20,23,26H,5-6,14-16,18H2,1-4H3/t19-,20?,23?/m1/s1. The fourth-order valence-electron chi connectivity index (χ4n) is 4.49. The van der Waals surface area contributed by atoms with Gasteiger partial charge >= 0.3 is 0 Å². The number of benzene rings is 2. The van der Waals surface area contributed by atoms with Gasteiger partial charge in [0.05, 0.1) is 0 Å². The maximum absolute atomic E-state index is 3.59. The molecule has 146 valence electrons. The van der Waals surface area contributed by atoms with Crippen molar-refractivity contribution in [1.82, 2.24) is 4.90 Å². The van der Waals surface area contributed by atoms with Gasteiger partial charge in [-0.3, -0.25) is 0 Å². The van der Waals surface area contributed by atoms with Gasteiger partial charge in [-0.2, -0.15) is 0 Å². The molecule has 2 nitrogen and oxygen atoms in total. The summed E-state index contributed by atoms with van der Waals surface area (Å²) in [5.41, 5.74) is 5.85. The Morgan fingerprint density at radius 1 is 1.00 bits per heavy atom. The molecule has 2 heteroatoms. The number of anilines is 1. The predicted octanol–water partition coefficient (Wildman–Crippen LogP) is 6.26. The summed E-state index contributed by atoms with van der Waals surface area (Å²) in [5.74, 6) is 2.05. The third kappa shape index (κ3) is 4.93. The van der Waals surface area contributed by atoms with E-state index >= 15 is 0 Å². The molecule has 0 radical (unpaired) electrons. The molecule has 0 fully saturated rings. The van der Waals surface area contributed by atoms with Gasteiger partial charge in [-0.15, -0.1) is 0 Å². The molecule has 3 rings (SSSR count). The highest BCUT2D eigenvalue weighted by atomic mass is 15.1. The van der Waals surface area contributed by atoms with E-state index in [2.05, 4.69) is 86.6 Å². The summed E-state index contributed by atoms with van der Waals surface area (Å²) < 4.78 is 0. The molecule has 2 aromatic rings. The van der Waals surface area contributed by atoms with Crippen LogP contribution in [0.2, 0.25) is 0 Å². The predicted molar refractivity (Wildman–Crippen MR) is 118 cm³/mol. The summed E-state index contributed by atoms with van der Waals surface area (Å²) in [4.78, 5) is 2.46. The minimum atomic E-state index is 0.650. The van der Waals surface area contributed by atoms with Crippen LogP contribution in [0.3, 0.4) is 0 Å². The number of fused-ring (bicyclic) bond motifs is 1. The quantitative estimate of drug-likeness (QED) is 0.528. The zero-order valence-corrected chi connectivity index (χ0v) is 17.5. The summed E-state index contributed by atoms with van der Waals surface area (Å²) in [6.07, 6.45) is 3.72. The SMILES string of the molecule is CCCCNc1ccc2c(c1)C(C)[C@@H](C)C2CCN(C)Cc1ccccc1. The second-order valence-electron chi connectivity index (χ2n) is 8.39. The average molecular weight is 365 g/mol. The lowest BCUT2D eigenvalue weighted by Crippen LogP contribution is -2.22. The van der Waals surface area contributed by atoms with E-state index in [-0.39, 0.29) is 0 Å². The first-order chi connectivity index (χ1) is 13.1. The van der Waals surface area contributed by atoms with E-state index in [9.17, 15) is 0 Å². The molecule has 2 aromatic carbocycles. The Kier molecular flexibility index (Phi) is 6.95. The van der Waals surface area contributed by atoms with Gasteiger partial charge in [-0.05, 0) is 73.0 Å². The van der Waals surface area contributed by atoms with Gasteiger partial charge in [0, 0.05) is 18.8 Å². The van der Waals surface area contributed by atoms with Crippen LogP contribution in [-0.4, -0.2) is 25.0 Å². The van der Waals surface area contributed by atoms with E-state index in [0.29, 0.717) is 11.8 Å². The second kappa shape index (κ2) is 9.41. The highest BCUT2D eigenvalue weighted by molar-refractivity contribution is 5.53. The van der Waals surface area contributed by atoms with E-state index in [4.69, 9.17) is 0 Å². The molecule has 27 heavy (non-hydrogen) atoms. The molecule has 0 saturated heterocycles. The van der Waals surface area contributed by atoms with Crippen molar-refractivity contribution in [2.75, 3.05) is 25.5 Å². The van der Waals surface area contributed by atoms with Crippen LogP contribution in [0.15, 0.2) is 48.5 Å². The summed E-state index contributed by atoms with van der Waals surface area (Å²) in [6.45, 7) is 10.3. The third-order valence-corrected chi connectivity index (χ3v) is 6.38. The molecule has 0 spiro atoms. The number of nitrogens with one attached hydrogen (secondary N) is 1. The lowest BCUT2D eigenvalue weighted by atomic mass is 9.87. The maximum Gasteiger partial charge on any atom is 0.0343 e. The lowest BCUT2D eigenvalue weighted by Gasteiger charge is -2.23. The molecule has 1 N–H and O–H groups in total. The van der Waals surface area contributed by atoms with Gasteiger partial charge in [-0.1, -0.05) is 63.6 Å². The zero-order chi connectivity index (χ0) is 19.2. The molecule has 1 aliphatic carbocycles. The monoisotopic (exact) mass is 364 g/mol. The van der Waals surface area contributed by atoms with E-state index in [1.807, 2.05) is 0 Å². The van der Waals surface area contributed by atoms with Crippen LogP contribution in [0.5, 0.6) is 0 Å². The molecule has 1 aliphatic rings. The van der Waals surface area contributed by atoms with Gasteiger partial charge in [0.2, 0.25) is 0 Å². The minimum absolute atomic E-state index is 0.650. The van der Waals surface area contributed by atoms with E-state index in [0.717, 1.165) is 25.6 Å². The molecule has 0 heterocycles. The molecule has 0 amide bonds. The van der Waals surface area contributed by atoms with Crippen LogP contribution in [0.1, 0.15) is 68.6 Å². The average Bonchev–Trinajstić information content (AvgIpc) is 2.91. The van der Waals surface area contributed by atoms with Crippen molar-refractivity contribution in [1.29, 1.82) is 0 Å². The van der Waals surface area contributed by atoms with E-state index in [1.54, 1.807) is 11.1 Å². The van der Waals surface area contributed by atoms with Crippen molar-refractivity contribution < 1.29 is 0 Å². The van der Waals surface area contributed by atoms with Crippen LogP contribution < -0.4 is 5.32 Å². The summed E-state index contributed by atoms with van der Waals surface area (Å²) in [6, 6.07) is 17.9. The fraction of sp³-hybridized carbons (Fsp3) is 0.520. The first-order valence-electron chi connectivity index (χ1n) is 10.7. The Morgan fingerprint density at radius 2 is 1.78 bits per heavy atom. The highest BCUT2D eigenvalue weighted by Crippen LogP contribution is 2.48. The van der Waals surface area contributed by atoms with Gasteiger partial charge in [0.25, 0.3) is 0 Å². The largest absolute Gasteiger partial charge is 0.385 e. The van der Waals surface area contributed by atoms with Crippen molar-refractivity contribution in [2.45, 2.75) is 58.4 Å². The van der Waals surface area contributed by atoms with Crippen LogP contribution in [0, 0.1) is 5.92 Å². The normalized spacial score (nSPS) is 21.4. The summed E-state index contributed by atoms with van der Waals surface area (Å²) >= 11 is 0. The smallest absolute Gasteiger partial charge is 0.0343 e. The molecule has 0 aromatic heterocycles. The number of rotatable bonds is 9. The van der Waals surface area contributed by atoms with Crippen molar-refractivity contribution in [2.24, 2.45) is 5.92 Å². The van der Waals surface area contributed by atoms with Gasteiger partial charge in [0.15, 0.2) is 0 Å². The molecule has 0 bridgehead atoms. The Bertz CT molecular complexity index is 710. The number of hydrogen-bond donors (Lipinski definition) is 1. The first kappa shape index (κ1) is 19.9. The minimum Gasteiger partial charge on any atom is -0.385 e. The van der Waals surface area contributed by atoms with Crippen LogP contribution in [0.25, 0.3) is 0 Å². The highest BCUT2D eigenvalue weighted by Gasteiger charge is 2.35. The summed E-state index contributed by atoms with van der Waals surface area (Å²) in [7, 11) is 2.25. The molecular formula is C25H36N2. The number of hydrogen-bond acceptors (Lipinski definition) is 2. The van der Waals surface area contributed by atoms with Gasteiger partial charge < -0.3 is 10.2 Å². The van der Waals surface area contributed by atoms with Gasteiger partial charge in [0.1, 0.15) is 0 Å². The topological polar surface area (TPSA) is 15.3 Å². The second-order valence-corrected chi connectivity index (χ2v) is 8.39. The molecule has 3 atom stereocenters. The Labute approximate surface area is 166 Å². The Hall–Kier alpha value is -1.80.